The first-order valence-electron chi connectivity index (χ1n) is 5.53. The van der Waals surface area contributed by atoms with Gasteiger partial charge >= 0.3 is 6.09 Å². The number of aliphatic hydroxyl groups excluding tert-OH is 1. The summed E-state index contributed by atoms with van der Waals surface area (Å²) >= 11 is 0. The molecule has 0 aromatic heterocycles. The van der Waals surface area contributed by atoms with Gasteiger partial charge in [0, 0.05) is 31.2 Å². The first kappa shape index (κ1) is 13.3. The van der Waals surface area contributed by atoms with Gasteiger partial charge in [0.1, 0.15) is 5.60 Å². The van der Waals surface area contributed by atoms with Gasteiger partial charge in [-0.15, -0.1) is 0 Å². The predicted molar refractivity (Wildman–Crippen MR) is 61.0 cm³/mol. The van der Waals surface area contributed by atoms with Crippen molar-refractivity contribution in [2.75, 3.05) is 19.7 Å². The molecule has 0 saturated carbocycles. The van der Waals surface area contributed by atoms with Gasteiger partial charge in [0.2, 0.25) is 0 Å². The van der Waals surface area contributed by atoms with E-state index in [-0.39, 0.29) is 18.6 Å². The third kappa shape index (κ3) is 3.09. The van der Waals surface area contributed by atoms with Crippen LogP contribution in [0.1, 0.15) is 27.7 Å². The van der Waals surface area contributed by atoms with E-state index in [1.54, 1.807) is 4.90 Å². The molecule has 1 aliphatic heterocycles. The number of carbonyl (C=O) groups excluding carboxylic acids is 1. The van der Waals surface area contributed by atoms with Crippen molar-refractivity contribution in [1.82, 2.24) is 4.90 Å². The normalized spacial score (nSPS) is 30.6. The monoisotopic (exact) mass is 230 g/mol. The highest BCUT2D eigenvalue weighted by Gasteiger charge is 2.42. The number of nitrogens with zero attached hydrogens (tertiary/aromatic N) is 1. The Balaban J connectivity index is 2.62. The molecular weight excluding hydrogens is 208 g/mol. The first-order chi connectivity index (χ1) is 7.15. The maximum atomic E-state index is 11.8. The van der Waals surface area contributed by atoms with Crippen LogP contribution in [0.3, 0.4) is 0 Å². The predicted octanol–water partition coefficient (Wildman–Crippen LogP) is 0.563. The number of carbonyl (C=O) groups is 1. The molecule has 0 aromatic carbocycles. The van der Waals surface area contributed by atoms with Crippen molar-refractivity contribution in [3.63, 3.8) is 0 Å². The van der Waals surface area contributed by atoms with E-state index in [1.165, 1.54) is 0 Å². The van der Waals surface area contributed by atoms with Gasteiger partial charge in [0.15, 0.2) is 0 Å². The SMILES string of the molecule is CC(C)(C)OC(=O)N1C[C@@H](CO)[C@@](C)(N)C1. The molecule has 94 valence electrons. The molecule has 1 rings (SSSR count). The minimum atomic E-state index is -0.536. The molecule has 5 nitrogen and oxygen atoms in total. The highest BCUT2D eigenvalue weighted by Crippen LogP contribution is 2.26. The van der Waals surface area contributed by atoms with Gasteiger partial charge in [-0.05, 0) is 27.7 Å². The molecule has 0 radical (unpaired) electrons. The Kier molecular flexibility index (Phi) is 3.50. The Morgan fingerprint density at radius 2 is 2.19 bits per heavy atom. The summed E-state index contributed by atoms with van der Waals surface area (Å²) in [7, 11) is 0. The maximum Gasteiger partial charge on any atom is 0.410 e. The van der Waals surface area contributed by atoms with Gasteiger partial charge in [0.05, 0.1) is 0 Å². The molecule has 0 unspecified atom stereocenters. The molecule has 0 spiro atoms. The third-order valence-corrected chi connectivity index (χ3v) is 2.78. The van der Waals surface area contributed by atoms with Crippen LogP contribution in [0.15, 0.2) is 0 Å². The molecule has 3 N–H and O–H groups in total. The summed E-state index contributed by atoms with van der Waals surface area (Å²) in [6.45, 7) is 8.19. The molecule has 1 fully saturated rings. The lowest BCUT2D eigenvalue weighted by Crippen LogP contribution is -2.46. The fraction of sp³-hybridized carbons (Fsp3) is 0.909. The number of hydrogen-bond acceptors (Lipinski definition) is 4. The number of rotatable bonds is 1. The Bertz CT molecular complexity index is 271. The highest BCUT2D eigenvalue weighted by atomic mass is 16.6. The summed E-state index contributed by atoms with van der Waals surface area (Å²) in [5, 5.41) is 9.17. The van der Waals surface area contributed by atoms with Crippen molar-refractivity contribution in [2.45, 2.75) is 38.8 Å². The molecule has 5 heteroatoms. The Morgan fingerprint density at radius 1 is 1.62 bits per heavy atom. The van der Waals surface area contributed by atoms with Crippen molar-refractivity contribution < 1.29 is 14.6 Å². The van der Waals surface area contributed by atoms with E-state index in [9.17, 15) is 9.90 Å². The first-order valence-corrected chi connectivity index (χ1v) is 5.53. The van der Waals surface area contributed by atoms with Gasteiger partial charge in [0.25, 0.3) is 0 Å². The fourth-order valence-electron chi connectivity index (χ4n) is 1.81. The second-order valence-electron chi connectivity index (χ2n) is 5.75. The average molecular weight is 230 g/mol. The second kappa shape index (κ2) is 4.22. The second-order valence-corrected chi connectivity index (χ2v) is 5.75. The minimum Gasteiger partial charge on any atom is -0.444 e. The van der Waals surface area contributed by atoms with Gasteiger partial charge < -0.3 is 20.5 Å². The van der Waals surface area contributed by atoms with Crippen molar-refractivity contribution in [2.24, 2.45) is 11.7 Å². The molecule has 0 bridgehead atoms. The van der Waals surface area contributed by atoms with Crippen LogP contribution in [0.4, 0.5) is 4.79 Å². The van der Waals surface area contributed by atoms with Crippen molar-refractivity contribution in [1.29, 1.82) is 0 Å². The smallest absolute Gasteiger partial charge is 0.410 e. The third-order valence-electron chi connectivity index (χ3n) is 2.78. The minimum absolute atomic E-state index is 0.00764. The van der Waals surface area contributed by atoms with Crippen LogP contribution in [0.25, 0.3) is 0 Å². The quantitative estimate of drug-likeness (QED) is 0.690. The standard InChI is InChI=1S/C11H22N2O3/c1-10(2,3)16-9(15)13-5-8(6-14)11(4,12)7-13/h8,14H,5-7,12H2,1-4H3/t8-,11-/m0/s1. The summed E-state index contributed by atoms with van der Waals surface area (Å²) < 4.78 is 5.26. The molecule has 0 aromatic rings. The molecule has 2 atom stereocenters. The van der Waals surface area contributed by atoms with Gasteiger partial charge in [-0.25, -0.2) is 4.79 Å². The molecule has 1 heterocycles. The molecule has 0 aliphatic carbocycles. The molecular formula is C11H22N2O3. The van der Waals surface area contributed by atoms with E-state index in [1.807, 2.05) is 27.7 Å². The van der Waals surface area contributed by atoms with Gasteiger partial charge in [-0.3, -0.25) is 0 Å². The summed E-state index contributed by atoms with van der Waals surface area (Å²) in [5.74, 6) is -0.0833. The Labute approximate surface area is 96.6 Å². The van der Waals surface area contributed by atoms with Crippen LogP contribution in [0, 0.1) is 5.92 Å². The van der Waals surface area contributed by atoms with Crippen LogP contribution in [0.5, 0.6) is 0 Å². The summed E-state index contributed by atoms with van der Waals surface area (Å²) in [5.41, 5.74) is 4.98. The maximum absolute atomic E-state index is 11.8. The number of likely N-dealkylation sites (tertiary alicyclic amines) is 1. The number of aliphatic hydroxyl groups is 1. The van der Waals surface area contributed by atoms with Crippen LogP contribution in [-0.2, 0) is 4.74 Å². The van der Waals surface area contributed by atoms with E-state index in [0.717, 1.165) is 0 Å². The number of ether oxygens (including phenoxy) is 1. The van der Waals surface area contributed by atoms with Crippen molar-refractivity contribution >= 4 is 6.09 Å². The van der Waals surface area contributed by atoms with E-state index < -0.39 is 11.1 Å². The summed E-state index contributed by atoms with van der Waals surface area (Å²) in [6, 6.07) is 0. The molecule has 1 amide bonds. The molecule has 16 heavy (non-hydrogen) atoms. The van der Waals surface area contributed by atoms with Crippen molar-refractivity contribution in [3.8, 4) is 0 Å². The average Bonchev–Trinajstić information content (AvgIpc) is 2.37. The van der Waals surface area contributed by atoms with E-state index in [4.69, 9.17) is 10.5 Å². The van der Waals surface area contributed by atoms with Crippen molar-refractivity contribution in [3.05, 3.63) is 0 Å². The van der Waals surface area contributed by atoms with Gasteiger partial charge in [-0.1, -0.05) is 0 Å². The summed E-state index contributed by atoms with van der Waals surface area (Å²) in [4.78, 5) is 13.3. The number of hydrogen-bond donors (Lipinski definition) is 2. The highest BCUT2D eigenvalue weighted by molar-refractivity contribution is 5.68. The van der Waals surface area contributed by atoms with E-state index in [2.05, 4.69) is 0 Å². The molecule has 1 aliphatic rings. The zero-order chi connectivity index (χ0) is 12.6. The lowest BCUT2D eigenvalue weighted by molar-refractivity contribution is 0.0280. The fourth-order valence-corrected chi connectivity index (χ4v) is 1.81. The number of nitrogens with two attached hydrogens (primary N) is 1. The van der Waals surface area contributed by atoms with E-state index in [0.29, 0.717) is 13.1 Å². The topological polar surface area (TPSA) is 75.8 Å². The number of amides is 1. The summed E-state index contributed by atoms with van der Waals surface area (Å²) in [6.07, 6.45) is -0.361. The lowest BCUT2D eigenvalue weighted by Gasteiger charge is -2.25. The molecule has 1 saturated heterocycles. The van der Waals surface area contributed by atoms with Crippen LogP contribution in [-0.4, -0.2) is 46.9 Å². The van der Waals surface area contributed by atoms with E-state index >= 15 is 0 Å². The van der Waals surface area contributed by atoms with Gasteiger partial charge in [-0.2, -0.15) is 0 Å². The Morgan fingerprint density at radius 3 is 2.56 bits per heavy atom. The zero-order valence-corrected chi connectivity index (χ0v) is 10.5. The zero-order valence-electron chi connectivity index (χ0n) is 10.5. The Hall–Kier alpha value is -0.810. The van der Waals surface area contributed by atoms with Crippen LogP contribution < -0.4 is 5.73 Å². The lowest BCUT2D eigenvalue weighted by atomic mass is 9.91. The van der Waals surface area contributed by atoms with Crippen LogP contribution >= 0.6 is 0 Å². The largest absolute Gasteiger partial charge is 0.444 e. The van der Waals surface area contributed by atoms with Crippen LogP contribution in [0.2, 0.25) is 0 Å².